The Bertz CT molecular complexity index is 882. The minimum atomic E-state index is 0.0889. The summed E-state index contributed by atoms with van der Waals surface area (Å²) < 4.78 is 11.8. The van der Waals surface area contributed by atoms with Gasteiger partial charge in [-0.15, -0.1) is 0 Å². The number of pyridine rings is 1. The molecular formula is C23H24N2O2. The van der Waals surface area contributed by atoms with E-state index in [2.05, 4.69) is 53.3 Å². The summed E-state index contributed by atoms with van der Waals surface area (Å²) in [5, 5.41) is 0. The van der Waals surface area contributed by atoms with Gasteiger partial charge in [0.1, 0.15) is 12.7 Å². The van der Waals surface area contributed by atoms with Crippen molar-refractivity contribution in [3.8, 4) is 22.6 Å². The zero-order valence-electron chi connectivity index (χ0n) is 15.5. The van der Waals surface area contributed by atoms with Gasteiger partial charge >= 0.3 is 0 Å². The first kappa shape index (κ1) is 17.6. The topological polar surface area (TPSA) is 34.6 Å². The second-order valence-corrected chi connectivity index (χ2v) is 6.93. The number of ether oxygens (including phenoxy) is 2. The zero-order valence-corrected chi connectivity index (χ0v) is 15.5. The molecule has 1 aliphatic rings. The number of fused-ring (bicyclic) bond motifs is 1. The van der Waals surface area contributed by atoms with Gasteiger partial charge in [-0.1, -0.05) is 42.5 Å². The Hall–Kier alpha value is -2.85. The largest absolute Gasteiger partial charge is 0.486 e. The molecule has 2 heterocycles. The Morgan fingerprint density at radius 3 is 2.59 bits per heavy atom. The Morgan fingerprint density at radius 2 is 1.74 bits per heavy atom. The molecule has 0 saturated heterocycles. The first-order chi connectivity index (χ1) is 13.3. The van der Waals surface area contributed by atoms with Crippen molar-refractivity contribution >= 4 is 0 Å². The van der Waals surface area contributed by atoms with E-state index in [1.165, 1.54) is 11.1 Å². The summed E-state index contributed by atoms with van der Waals surface area (Å²) in [7, 11) is 2.12. The number of benzene rings is 2. The Labute approximate surface area is 160 Å². The Balaban J connectivity index is 1.32. The molecule has 1 atom stereocenters. The Morgan fingerprint density at radius 1 is 0.963 bits per heavy atom. The monoisotopic (exact) mass is 360 g/mol. The lowest BCUT2D eigenvalue weighted by Crippen LogP contribution is -2.33. The molecule has 4 rings (SSSR count). The van der Waals surface area contributed by atoms with Crippen molar-refractivity contribution in [3.63, 3.8) is 0 Å². The highest BCUT2D eigenvalue weighted by Gasteiger charge is 2.20. The summed E-state index contributed by atoms with van der Waals surface area (Å²) >= 11 is 0. The maximum Gasteiger partial charge on any atom is 0.161 e. The van der Waals surface area contributed by atoms with Crippen molar-refractivity contribution in [2.24, 2.45) is 0 Å². The van der Waals surface area contributed by atoms with E-state index in [-0.39, 0.29) is 6.10 Å². The lowest BCUT2D eigenvalue weighted by molar-refractivity contribution is 0.0768. The number of rotatable bonds is 6. The minimum Gasteiger partial charge on any atom is -0.486 e. The first-order valence-electron chi connectivity index (χ1n) is 9.35. The van der Waals surface area contributed by atoms with Gasteiger partial charge in [0, 0.05) is 25.7 Å². The average Bonchev–Trinajstić information content (AvgIpc) is 2.73. The fraction of sp³-hybridized carbons (Fsp3) is 0.261. The van der Waals surface area contributed by atoms with Crippen molar-refractivity contribution < 1.29 is 9.47 Å². The molecule has 0 fully saturated rings. The van der Waals surface area contributed by atoms with Gasteiger partial charge in [0.05, 0.1) is 5.69 Å². The van der Waals surface area contributed by atoms with E-state index in [1.807, 2.05) is 36.5 Å². The SMILES string of the molecule is CN(CCC1COc2ccccc2O1)Cc1cc(-c2ccccc2)ccn1. The molecule has 1 aliphatic heterocycles. The van der Waals surface area contributed by atoms with Crippen LogP contribution in [0.15, 0.2) is 72.9 Å². The van der Waals surface area contributed by atoms with E-state index in [1.54, 1.807) is 0 Å². The van der Waals surface area contributed by atoms with E-state index < -0.39 is 0 Å². The van der Waals surface area contributed by atoms with E-state index in [9.17, 15) is 0 Å². The van der Waals surface area contributed by atoms with Crippen LogP contribution >= 0.6 is 0 Å². The smallest absolute Gasteiger partial charge is 0.161 e. The van der Waals surface area contributed by atoms with Gasteiger partial charge in [0.2, 0.25) is 0 Å². The number of hydrogen-bond acceptors (Lipinski definition) is 4. The number of hydrogen-bond donors (Lipinski definition) is 0. The second kappa shape index (κ2) is 8.23. The third-order valence-electron chi connectivity index (χ3n) is 4.76. The van der Waals surface area contributed by atoms with Gasteiger partial charge in [-0.3, -0.25) is 4.98 Å². The lowest BCUT2D eigenvalue weighted by Gasteiger charge is -2.27. The highest BCUT2D eigenvalue weighted by atomic mass is 16.6. The van der Waals surface area contributed by atoms with Crippen LogP contribution in [0.4, 0.5) is 0 Å². The van der Waals surface area contributed by atoms with E-state index in [0.717, 1.165) is 36.7 Å². The van der Waals surface area contributed by atoms with Crippen LogP contribution in [0.1, 0.15) is 12.1 Å². The van der Waals surface area contributed by atoms with Crippen LogP contribution in [0.5, 0.6) is 11.5 Å². The molecule has 3 aromatic rings. The normalized spacial score (nSPS) is 15.7. The zero-order chi connectivity index (χ0) is 18.5. The molecule has 2 aromatic carbocycles. The van der Waals surface area contributed by atoms with E-state index in [4.69, 9.17) is 9.47 Å². The number of nitrogens with zero attached hydrogens (tertiary/aromatic N) is 2. The quantitative estimate of drug-likeness (QED) is 0.652. The summed E-state index contributed by atoms with van der Waals surface area (Å²) in [5.74, 6) is 1.68. The van der Waals surface area contributed by atoms with Crippen LogP contribution in [-0.4, -0.2) is 36.2 Å². The maximum atomic E-state index is 6.04. The van der Waals surface area contributed by atoms with Crippen LogP contribution < -0.4 is 9.47 Å². The van der Waals surface area contributed by atoms with Crippen LogP contribution in [0.25, 0.3) is 11.1 Å². The molecule has 138 valence electrons. The van der Waals surface area contributed by atoms with Crippen molar-refractivity contribution in [2.45, 2.75) is 19.1 Å². The van der Waals surface area contributed by atoms with Crippen LogP contribution in [0.3, 0.4) is 0 Å². The molecule has 0 aliphatic carbocycles. The van der Waals surface area contributed by atoms with Gasteiger partial charge in [-0.05, 0) is 42.4 Å². The third-order valence-corrected chi connectivity index (χ3v) is 4.76. The van der Waals surface area contributed by atoms with Gasteiger partial charge < -0.3 is 14.4 Å². The molecule has 0 amide bonds. The molecule has 4 heteroatoms. The molecule has 1 aromatic heterocycles. The molecule has 27 heavy (non-hydrogen) atoms. The molecule has 0 N–H and O–H groups in total. The predicted octanol–water partition coefficient (Wildman–Crippen LogP) is 4.41. The third kappa shape index (κ3) is 4.47. The Kier molecular flexibility index (Phi) is 5.35. The highest BCUT2D eigenvalue weighted by molar-refractivity contribution is 5.63. The fourth-order valence-corrected chi connectivity index (χ4v) is 3.30. The van der Waals surface area contributed by atoms with Gasteiger partial charge in [-0.25, -0.2) is 0 Å². The summed E-state index contributed by atoms with van der Waals surface area (Å²) in [6.45, 7) is 2.34. The summed E-state index contributed by atoms with van der Waals surface area (Å²) in [5.41, 5.74) is 3.50. The molecule has 0 radical (unpaired) electrons. The summed E-state index contributed by atoms with van der Waals surface area (Å²) in [4.78, 5) is 6.81. The van der Waals surface area contributed by atoms with Gasteiger partial charge in [0.25, 0.3) is 0 Å². The number of para-hydroxylation sites is 2. The fourth-order valence-electron chi connectivity index (χ4n) is 3.30. The van der Waals surface area contributed by atoms with Gasteiger partial charge in [-0.2, -0.15) is 0 Å². The predicted molar refractivity (Wildman–Crippen MR) is 107 cm³/mol. The van der Waals surface area contributed by atoms with Crippen LogP contribution in [-0.2, 0) is 6.54 Å². The van der Waals surface area contributed by atoms with Crippen molar-refractivity contribution in [3.05, 3.63) is 78.6 Å². The average molecular weight is 360 g/mol. The summed E-state index contributed by atoms with van der Waals surface area (Å²) in [6, 6.07) is 22.5. The first-order valence-corrected chi connectivity index (χ1v) is 9.35. The van der Waals surface area contributed by atoms with Gasteiger partial charge in [0.15, 0.2) is 11.5 Å². The van der Waals surface area contributed by atoms with E-state index >= 15 is 0 Å². The van der Waals surface area contributed by atoms with Crippen molar-refractivity contribution in [1.29, 1.82) is 0 Å². The standard InChI is InChI=1S/C23H24N2O2/c1-25(14-12-21-17-26-22-9-5-6-10-23(22)27-21)16-20-15-19(11-13-24-20)18-7-3-2-4-8-18/h2-11,13,15,21H,12,14,16-17H2,1H3. The van der Waals surface area contributed by atoms with Crippen molar-refractivity contribution in [1.82, 2.24) is 9.88 Å². The van der Waals surface area contributed by atoms with Crippen LogP contribution in [0, 0.1) is 0 Å². The maximum absolute atomic E-state index is 6.04. The molecule has 0 bridgehead atoms. The number of aromatic nitrogens is 1. The molecule has 1 unspecified atom stereocenters. The molecule has 0 spiro atoms. The summed E-state index contributed by atoms with van der Waals surface area (Å²) in [6.07, 6.45) is 2.90. The minimum absolute atomic E-state index is 0.0889. The van der Waals surface area contributed by atoms with Crippen molar-refractivity contribution in [2.75, 3.05) is 20.2 Å². The van der Waals surface area contributed by atoms with Crippen LogP contribution in [0.2, 0.25) is 0 Å². The molecule has 4 nitrogen and oxygen atoms in total. The highest BCUT2D eigenvalue weighted by Crippen LogP contribution is 2.31. The molecule has 0 saturated carbocycles. The second-order valence-electron chi connectivity index (χ2n) is 6.93. The van der Waals surface area contributed by atoms with E-state index in [0.29, 0.717) is 6.61 Å². The molecular weight excluding hydrogens is 336 g/mol. The lowest BCUT2D eigenvalue weighted by atomic mass is 10.1.